The minimum Gasteiger partial charge on any atom is -0.272 e. The molecular formula is C31H28N6O3. The second kappa shape index (κ2) is 9.68. The molecule has 9 nitrogen and oxygen atoms in total. The summed E-state index contributed by atoms with van der Waals surface area (Å²) in [6.07, 6.45) is 0.410. The number of hydrogen-bond acceptors (Lipinski definition) is 6. The van der Waals surface area contributed by atoms with Crippen LogP contribution in [0.15, 0.2) is 106 Å². The molecule has 0 bridgehead atoms. The molecule has 0 radical (unpaired) electrons. The monoisotopic (exact) mass is 532 g/mol. The summed E-state index contributed by atoms with van der Waals surface area (Å²) < 4.78 is 0. The van der Waals surface area contributed by atoms with E-state index in [4.69, 9.17) is 10.2 Å². The summed E-state index contributed by atoms with van der Waals surface area (Å²) in [4.78, 5) is 43.4. The molecule has 3 unspecified atom stereocenters. The third kappa shape index (κ3) is 3.61. The molecule has 3 amide bonds. The number of anilines is 3. The van der Waals surface area contributed by atoms with E-state index in [1.165, 1.54) is 15.0 Å². The number of nitrogens with zero attached hydrogens (tertiary/aromatic N) is 6. The molecule has 6 rings (SSSR count). The molecular weight excluding hydrogens is 504 g/mol. The summed E-state index contributed by atoms with van der Waals surface area (Å²) in [5.74, 6) is -3.31. The van der Waals surface area contributed by atoms with Crippen LogP contribution in [0, 0.1) is 17.3 Å². The highest BCUT2D eigenvalue weighted by atomic mass is 16.2. The van der Waals surface area contributed by atoms with E-state index in [-0.39, 0.29) is 11.8 Å². The van der Waals surface area contributed by atoms with Crippen molar-refractivity contribution in [2.24, 2.45) is 32.6 Å². The third-order valence-electron chi connectivity index (χ3n) is 7.82. The summed E-state index contributed by atoms with van der Waals surface area (Å²) in [5.41, 5.74) is 1.40. The van der Waals surface area contributed by atoms with Crippen molar-refractivity contribution in [1.82, 2.24) is 0 Å². The molecule has 200 valence electrons. The molecule has 0 saturated heterocycles. The molecule has 3 aliphatic rings. The van der Waals surface area contributed by atoms with Gasteiger partial charge in [0.25, 0.3) is 17.7 Å². The fraction of sp³-hybridized carbons (Fsp3) is 0.226. The van der Waals surface area contributed by atoms with E-state index in [0.717, 1.165) is 0 Å². The van der Waals surface area contributed by atoms with E-state index in [0.29, 0.717) is 40.6 Å². The number of carbonyl (C=O) groups is 3. The van der Waals surface area contributed by atoms with Crippen molar-refractivity contribution in [1.29, 1.82) is 0 Å². The lowest BCUT2D eigenvalue weighted by molar-refractivity contribution is -0.136. The predicted molar refractivity (Wildman–Crippen MR) is 155 cm³/mol. The van der Waals surface area contributed by atoms with E-state index in [9.17, 15) is 14.4 Å². The summed E-state index contributed by atoms with van der Waals surface area (Å²) in [6.45, 7) is 5.35. The van der Waals surface area contributed by atoms with Gasteiger partial charge in [-0.3, -0.25) is 14.4 Å². The maximum Gasteiger partial charge on any atom is 0.261 e. The van der Waals surface area contributed by atoms with Gasteiger partial charge in [0.15, 0.2) is 0 Å². The lowest BCUT2D eigenvalue weighted by atomic mass is 9.60. The lowest BCUT2D eigenvalue weighted by Gasteiger charge is -2.37. The number of hydrazone groups is 3. The Balaban J connectivity index is 1.53. The van der Waals surface area contributed by atoms with Gasteiger partial charge >= 0.3 is 0 Å². The van der Waals surface area contributed by atoms with Crippen LogP contribution in [0.3, 0.4) is 0 Å². The molecule has 0 saturated carbocycles. The number of hydrogen-bond donors (Lipinski definition) is 0. The molecule has 0 fully saturated rings. The van der Waals surface area contributed by atoms with Gasteiger partial charge in [-0.05, 0) is 56.7 Å². The molecule has 0 spiro atoms. The average molecular weight is 533 g/mol. The summed E-state index contributed by atoms with van der Waals surface area (Å²) in [6, 6.07) is 27.2. The lowest BCUT2D eigenvalue weighted by Crippen LogP contribution is -2.59. The maximum absolute atomic E-state index is 14.8. The Morgan fingerprint density at radius 2 is 1.07 bits per heavy atom. The third-order valence-corrected chi connectivity index (χ3v) is 7.82. The van der Waals surface area contributed by atoms with Crippen LogP contribution in [-0.4, -0.2) is 34.9 Å². The van der Waals surface area contributed by atoms with Crippen molar-refractivity contribution in [3.63, 3.8) is 0 Å². The van der Waals surface area contributed by atoms with E-state index >= 15 is 0 Å². The molecule has 3 aromatic carbocycles. The molecule has 0 aromatic heterocycles. The highest BCUT2D eigenvalue weighted by molar-refractivity contribution is 6.33. The van der Waals surface area contributed by atoms with Crippen LogP contribution >= 0.6 is 0 Å². The van der Waals surface area contributed by atoms with Crippen molar-refractivity contribution in [3.05, 3.63) is 91.0 Å². The zero-order valence-electron chi connectivity index (χ0n) is 22.4. The van der Waals surface area contributed by atoms with Crippen LogP contribution < -0.4 is 15.0 Å². The second-order valence-electron chi connectivity index (χ2n) is 10.0. The number of para-hydroxylation sites is 3. The first-order valence-corrected chi connectivity index (χ1v) is 13.2. The summed E-state index contributed by atoms with van der Waals surface area (Å²) in [5, 5.41) is 18.0. The Hall–Kier alpha value is -4.92. The fourth-order valence-corrected chi connectivity index (χ4v) is 6.01. The first-order chi connectivity index (χ1) is 19.4. The first kappa shape index (κ1) is 25.4. The van der Waals surface area contributed by atoms with E-state index in [1.54, 1.807) is 50.2 Å². The standard InChI is InChI=1S/C31H28N6O3/c1-4-25-27(29(39)36(34-25)23-16-10-6-11-17-23)31(21(3)33-37(30(31)40)24-18-12-7-13-19-24)26-20(2)32-35(28(26)38)22-14-8-5-9-15-22/h5-19,26-27H,4H2,1-3H3. The Bertz CT molecular complexity index is 1590. The quantitative estimate of drug-likeness (QED) is 0.453. The van der Waals surface area contributed by atoms with Crippen LogP contribution in [0.5, 0.6) is 0 Å². The first-order valence-electron chi connectivity index (χ1n) is 13.2. The van der Waals surface area contributed by atoms with Crippen molar-refractivity contribution < 1.29 is 14.4 Å². The van der Waals surface area contributed by atoms with Gasteiger partial charge in [0.2, 0.25) is 0 Å². The van der Waals surface area contributed by atoms with Crippen LogP contribution in [0.4, 0.5) is 17.1 Å². The smallest absolute Gasteiger partial charge is 0.261 e. The topological polar surface area (TPSA) is 98.0 Å². The van der Waals surface area contributed by atoms with Gasteiger partial charge in [-0.15, -0.1) is 0 Å². The van der Waals surface area contributed by atoms with Gasteiger partial charge in [0.1, 0.15) is 17.3 Å². The molecule has 3 aromatic rings. The highest BCUT2D eigenvalue weighted by Gasteiger charge is 2.68. The number of amides is 3. The molecule has 3 heterocycles. The van der Waals surface area contributed by atoms with Crippen LogP contribution in [-0.2, 0) is 14.4 Å². The Morgan fingerprint density at radius 1 is 0.625 bits per heavy atom. The van der Waals surface area contributed by atoms with E-state index in [2.05, 4.69) is 5.10 Å². The van der Waals surface area contributed by atoms with Crippen molar-refractivity contribution in [2.45, 2.75) is 27.2 Å². The molecule has 3 atom stereocenters. The van der Waals surface area contributed by atoms with Gasteiger partial charge in [-0.25, -0.2) is 10.0 Å². The van der Waals surface area contributed by atoms with Gasteiger partial charge in [0.05, 0.1) is 28.5 Å². The zero-order valence-corrected chi connectivity index (χ0v) is 22.4. The maximum atomic E-state index is 14.8. The van der Waals surface area contributed by atoms with Crippen LogP contribution in [0.2, 0.25) is 0 Å². The summed E-state index contributed by atoms with van der Waals surface area (Å²) in [7, 11) is 0. The molecule has 0 N–H and O–H groups in total. The van der Waals surface area contributed by atoms with Gasteiger partial charge in [0, 0.05) is 5.71 Å². The Morgan fingerprint density at radius 3 is 1.57 bits per heavy atom. The van der Waals surface area contributed by atoms with Gasteiger partial charge < -0.3 is 0 Å². The molecule has 9 heteroatoms. The minimum atomic E-state index is -1.65. The van der Waals surface area contributed by atoms with Crippen molar-refractivity contribution in [2.75, 3.05) is 15.0 Å². The van der Waals surface area contributed by atoms with Crippen LogP contribution in [0.25, 0.3) is 0 Å². The Kier molecular flexibility index (Phi) is 6.14. The normalized spacial score (nSPS) is 24.5. The highest BCUT2D eigenvalue weighted by Crippen LogP contribution is 2.51. The SMILES string of the molecule is CCC1=NN(c2ccccc2)C(=O)C1C1(C2C(=O)N(c3ccccc3)N=C2C)C(=O)N(c2ccccc2)N=C1C. The van der Waals surface area contributed by atoms with Gasteiger partial charge in [-0.1, -0.05) is 61.5 Å². The second-order valence-corrected chi connectivity index (χ2v) is 10.0. The van der Waals surface area contributed by atoms with Crippen molar-refractivity contribution >= 4 is 51.9 Å². The summed E-state index contributed by atoms with van der Waals surface area (Å²) >= 11 is 0. The number of benzene rings is 3. The largest absolute Gasteiger partial charge is 0.272 e. The molecule has 40 heavy (non-hydrogen) atoms. The van der Waals surface area contributed by atoms with E-state index in [1.807, 2.05) is 61.5 Å². The zero-order chi connectivity index (χ0) is 28.0. The minimum absolute atomic E-state index is 0.374. The van der Waals surface area contributed by atoms with Gasteiger partial charge in [-0.2, -0.15) is 20.3 Å². The van der Waals surface area contributed by atoms with Crippen LogP contribution in [0.1, 0.15) is 27.2 Å². The Labute approximate surface area is 232 Å². The number of rotatable bonds is 6. The van der Waals surface area contributed by atoms with E-state index < -0.39 is 23.2 Å². The van der Waals surface area contributed by atoms with Crippen molar-refractivity contribution in [3.8, 4) is 0 Å². The number of carbonyl (C=O) groups excluding carboxylic acids is 3. The molecule has 0 aliphatic carbocycles. The molecule has 3 aliphatic heterocycles. The fourth-order valence-electron chi connectivity index (χ4n) is 6.01. The predicted octanol–water partition coefficient (Wildman–Crippen LogP) is 4.86. The average Bonchev–Trinajstić information content (AvgIpc) is 3.58.